The zero-order valence-corrected chi connectivity index (χ0v) is 22.3. The molecule has 0 rings (SSSR count). The van der Waals surface area contributed by atoms with Gasteiger partial charge in [0.2, 0.25) is 0 Å². The first-order valence-corrected chi connectivity index (χ1v) is 14.4. The monoisotopic (exact) mass is 517 g/mol. The second kappa shape index (κ2) is 23.0. The molecule has 1 unspecified atom stereocenters. The minimum atomic E-state index is -2.69. The lowest BCUT2D eigenvalue weighted by Crippen LogP contribution is -2.46. The summed E-state index contributed by atoms with van der Waals surface area (Å²) in [4.78, 5) is 11.8. The molecule has 12 nitrogen and oxygen atoms in total. The number of amides is 1. The van der Waals surface area contributed by atoms with E-state index in [0.29, 0.717) is 58.7 Å². The van der Waals surface area contributed by atoms with Gasteiger partial charge in [-0.25, -0.2) is 4.79 Å². The Labute approximate surface area is 199 Å². The van der Waals surface area contributed by atoms with Crippen molar-refractivity contribution in [2.45, 2.75) is 33.2 Å². The molecule has 0 spiro atoms. The third-order valence-electron chi connectivity index (χ3n) is 3.79. The van der Waals surface area contributed by atoms with Crippen molar-refractivity contribution in [2.24, 2.45) is 0 Å². The quantitative estimate of drug-likeness (QED) is 0.112. The van der Waals surface area contributed by atoms with Crippen LogP contribution in [0.25, 0.3) is 0 Å². The Hall–Kier alpha value is -0.733. The summed E-state index contributed by atoms with van der Waals surface area (Å²) >= 11 is 0. The van der Waals surface area contributed by atoms with Gasteiger partial charge in [0.05, 0.1) is 33.0 Å². The number of ether oxygens (including phenoxy) is 4. The number of rotatable bonds is 24. The Bertz CT molecular complexity index is 476. The summed E-state index contributed by atoms with van der Waals surface area (Å²) in [5.74, 6) is 0. The molecule has 1 amide bonds. The van der Waals surface area contributed by atoms with Crippen LogP contribution in [0.5, 0.6) is 0 Å². The average Bonchev–Trinajstić information content (AvgIpc) is 2.79. The molecule has 0 aliphatic rings. The van der Waals surface area contributed by atoms with Crippen molar-refractivity contribution < 1.29 is 46.1 Å². The van der Waals surface area contributed by atoms with Gasteiger partial charge < -0.3 is 37.5 Å². The molecular formula is C19H42N2O10PSi+. The molecule has 33 heavy (non-hydrogen) atoms. The minimum Gasteiger partial charge on any atom is -0.447 e. The van der Waals surface area contributed by atoms with E-state index >= 15 is 0 Å². The summed E-state index contributed by atoms with van der Waals surface area (Å²) in [5, 5.41) is 10.3. The van der Waals surface area contributed by atoms with Gasteiger partial charge in [0, 0.05) is 39.5 Å². The van der Waals surface area contributed by atoms with Crippen LogP contribution in [0.2, 0.25) is 6.04 Å². The smallest absolute Gasteiger partial charge is 0.447 e. The third-order valence-corrected chi connectivity index (χ3v) is 7.77. The van der Waals surface area contributed by atoms with Crippen LogP contribution in [-0.4, -0.2) is 101 Å². The van der Waals surface area contributed by atoms with Gasteiger partial charge in [-0.05, 0) is 27.2 Å². The van der Waals surface area contributed by atoms with E-state index in [1.807, 2.05) is 20.8 Å². The first-order valence-electron chi connectivity index (χ1n) is 11.3. The van der Waals surface area contributed by atoms with E-state index in [9.17, 15) is 4.79 Å². The van der Waals surface area contributed by atoms with Gasteiger partial charge in [-0.1, -0.05) is 5.16 Å². The molecule has 0 bridgehead atoms. The Balaban J connectivity index is 3.68. The van der Waals surface area contributed by atoms with Gasteiger partial charge in [0.1, 0.15) is 19.8 Å². The van der Waals surface area contributed by atoms with Crippen LogP contribution in [0.4, 0.5) is 4.79 Å². The van der Waals surface area contributed by atoms with Gasteiger partial charge in [-0.15, -0.1) is 9.05 Å². The van der Waals surface area contributed by atoms with Crippen molar-refractivity contribution in [3.63, 3.8) is 0 Å². The van der Waals surface area contributed by atoms with Crippen LogP contribution in [0.15, 0.2) is 0 Å². The molecule has 0 aliphatic heterocycles. The standard InChI is InChI=1S/C19H41N2O10PSi/c1-5-29-33(30-6-2,31-7-3)18-8-9-21-19(22)26-15-12-25-14-17-28-32(20)27-16-13-24-11-10-23-4/h20H,5-18H2,1-4H3/p+1. The van der Waals surface area contributed by atoms with Crippen LogP contribution in [-0.2, 0) is 41.3 Å². The Morgan fingerprint density at radius 1 is 0.818 bits per heavy atom. The third kappa shape index (κ3) is 19.3. The Morgan fingerprint density at radius 2 is 1.33 bits per heavy atom. The molecule has 2 N–H and O–H groups in total. The fraction of sp³-hybridized carbons (Fsp3) is 0.947. The second-order valence-electron chi connectivity index (χ2n) is 6.29. The first kappa shape index (κ1) is 32.3. The summed E-state index contributed by atoms with van der Waals surface area (Å²) in [5.41, 5.74) is 0. The number of methoxy groups -OCH3 is 1. The van der Waals surface area contributed by atoms with Crippen molar-refractivity contribution in [1.82, 2.24) is 5.32 Å². The van der Waals surface area contributed by atoms with Gasteiger partial charge in [0.25, 0.3) is 0 Å². The fourth-order valence-electron chi connectivity index (χ4n) is 2.48. The Kier molecular flexibility index (Phi) is 22.5. The second-order valence-corrected chi connectivity index (χ2v) is 10.1. The molecule has 0 saturated heterocycles. The molecule has 0 saturated carbocycles. The van der Waals surface area contributed by atoms with Crippen LogP contribution >= 0.6 is 8.17 Å². The largest absolute Gasteiger partial charge is 0.556 e. The van der Waals surface area contributed by atoms with Crippen molar-refractivity contribution >= 4 is 23.1 Å². The zero-order chi connectivity index (χ0) is 24.6. The predicted octanol–water partition coefficient (Wildman–Crippen LogP) is 2.94. The molecule has 0 aliphatic carbocycles. The number of alkyl carbamates (subject to hydrolysis) is 1. The van der Waals surface area contributed by atoms with Gasteiger partial charge >= 0.3 is 23.1 Å². The molecule has 0 heterocycles. The Morgan fingerprint density at radius 3 is 1.85 bits per heavy atom. The van der Waals surface area contributed by atoms with Gasteiger partial charge in [-0.2, -0.15) is 0 Å². The van der Waals surface area contributed by atoms with E-state index < -0.39 is 23.1 Å². The summed E-state index contributed by atoms with van der Waals surface area (Å²) in [6, 6.07) is 0.620. The normalized spacial score (nSPS) is 12.1. The molecular weight excluding hydrogens is 475 g/mol. The van der Waals surface area contributed by atoms with Crippen LogP contribution < -0.4 is 5.32 Å². The van der Waals surface area contributed by atoms with E-state index in [2.05, 4.69) is 5.32 Å². The lowest BCUT2D eigenvalue weighted by atomic mass is 10.5. The molecule has 1 atom stereocenters. The molecule has 0 aromatic heterocycles. The maximum atomic E-state index is 11.8. The number of hydrogen-bond acceptors (Lipinski definition) is 11. The van der Waals surface area contributed by atoms with Crippen molar-refractivity contribution in [1.29, 1.82) is 5.16 Å². The van der Waals surface area contributed by atoms with Gasteiger partial charge in [0.15, 0.2) is 0 Å². The molecule has 14 heteroatoms. The maximum absolute atomic E-state index is 11.8. The number of carbonyl (C=O) groups excluding carboxylic acids is 1. The van der Waals surface area contributed by atoms with Crippen LogP contribution in [0.1, 0.15) is 27.2 Å². The highest BCUT2D eigenvalue weighted by Crippen LogP contribution is 2.23. The zero-order valence-electron chi connectivity index (χ0n) is 20.4. The van der Waals surface area contributed by atoms with E-state index in [-0.39, 0.29) is 33.0 Å². The van der Waals surface area contributed by atoms with E-state index in [4.69, 9.17) is 46.4 Å². The van der Waals surface area contributed by atoms with E-state index in [1.165, 1.54) is 0 Å². The topological polar surface area (TPSA) is 136 Å². The highest BCUT2D eigenvalue weighted by atomic mass is 31.1. The lowest BCUT2D eigenvalue weighted by molar-refractivity contribution is 0.0478. The minimum absolute atomic E-state index is 0.117. The van der Waals surface area contributed by atoms with E-state index in [1.54, 1.807) is 7.11 Å². The summed E-state index contributed by atoms with van der Waals surface area (Å²) in [6.07, 6.45) is 0.147. The number of hydrogen-bond donors (Lipinski definition) is 2. The highest BCUT2D eigenvalue weighted by molar-refractivity contribution is 7.34. The number of nitrogens with one attached hydrogen (secondary N) is 2. The van der Waals surface area contributed by atoms with Crippen LogP contribution in [0.3, 0.4) is 0 Å². The average molecular weight is 518 g/mol. The fourth-order valence-corrected chi connectivity index (χ4v) is 5.65. The SMILES string of the molecule is CCO[Si](CCCNC(=O)OCCOCCO[P+](=N)OCCOCCOC)(OCC)OCC. The van der Waals surface area contributed by atoms with Crippen molar-refractivity contribution in [3.8, 4) is 0 Å². The van der Waals surface area contributed by atoms with Crippen LogP contribution in [0, 0.1) is 5.16 Å². The van der Waals surface area contributed by atoms with E-state index in [0.717, 1.165) is 0 Å². The lowest BCUT2D eigenvalue weighted by Gasteiger charge is -2.28. The first-order chi connectivity index (χ1) is 16.0. The summed E-state index contributed by atoms with van der Waals surface area (Å²) in [7, 11) is -2.81. The van der Waals surface area contributed by atoms with Gasteiger partial charge in [-0.3, -0.25) is 0 Å². The highest BCUT2D eigenvalue weighted by Gasteiger charge is 2.39. The molecule has 0 aromatic rings. The molecule has 0 radical (unpaired) electrons. The molecule has 196 valence electrons. The predicted molar refractivity (Wildman–Crippen MR) is 124 cm³/mol. The van der Waals surface area contributed by atoms with Crippen molar-refractivity contribution in [3.05, 3.63) is 0 Å². The number of carbonyl (C=O) groups is 1. The summed E-state index contributed by atoms with van der Waals surface area (Å²) < 4.78 is 48.2. The maximum Gasteiger partial charge on any atom is 0.556 e. The molecule has 0 fully saturated rings. The molecule has 0 aromatic carbocycles. The van der Waals surface area contributed by atoms with Crippen molar-refractivity contribution in [2.75, 3.05) is 86.3 Å². The summed E-state index contributed by atoms with van der Waals surface area (Å²) in [6.45, 7) is 10.2.